The maximum absolute atomic E-state index is 13.6. The molecule has 0 spiro atoms. The second-order valence-electron chi connectivity index (χ2n) is 5.03. The number of halogens is 1. The Balaban J connectivity index is 1.69. The first-order valence-electron chi connectivity index (χ1n) is 8.07. The highest BCUT2D eigenvalue weighted by Crippen LogP contribution is 2.20. The van der Waals surface area contributed by atoms with Crippen LogP contribution in [0.15, 0.2) is 45.2 Å². The summed E-state index contributed by atoms with van der Waals surface area (Å²) in [6.45, 7) is 4.25. The number of aliphatic imine (C=N–C) groups is 1. The number of aromatic nitrogens is 1. The predicted molar refractivity (Wildman–Crippen MR) is 102 cm³/mol. The van der Waals surface area contributed by atoms with Crippen molar-refractivity contribution in [3.05, 3.63) is 47.2 Å². The molecule has 2 aromatic rings. The van der Waals surface area contributed by atoms with Gasteiger partial charge in [0.1, 0.15) is 10.2 Å². The zero-order valence-electron chi connectivity index (χ0n) is 13.8. The van der Waals surface area contributed by atoms with E-state index < -0.39 is 0 Å². The highest BCUT2D eigenvalue weighted by molar-refractivity contribution is 8.00. The molecule has 0 saturated heterocycles. The van der Waals surface area contributed by atoms with Crippen LogP contribution in [-0.4, -0.2) is 36.3 Å². The van der Waals surface area contributed by atoms with Crippen LogP contribution in [0.4, 0.5) is 4.39 Å². The van der Waals surface area contributed by atoms with Gasteiger partial charge < -0.3 is 10.6 Å². The summed E-state index contributed by atoms with van der Waals surface area (Å²) >= 11 is 3.43. The lowest BCUT2D eigenvalue weighted by molar-refractivity contribution is 0.606. The number of nitrogens with zero attached hydrogens (tertiary/aromatic N) is 2. The Labute approximate surface area is 151 Å². The molecule has 1 aromatic heterocycles. The second kappa shape index (κ2) is 11.0. The largest absolute Gasteiger partial charge is 0.357 e. The molecule has 0 radical (unpaired) electrons. The van der Waals surface area contributed by atoms with Crippen molar-refractivity contribution in [2.45, 2.75) is 24.1 Å². The van der Waals surface area contributed by atoms with Gasteiger partial charge in [-0.05, 0) is 31.4 Å². The van der Waals surface area contributed by atoms with Crippen LogP contribution >= 0.6 is 23.1 Å². The van der Waals surface area contributed by atoms with Gasteiger partial charge in [-0.15, -0.1) is 11.3 Å². The lowest BCUT2D eigenvalue weighted by Gasteiger charge is -2.11. The van der Waals surface area contributed by atoms with E-state index in [1.807, 2.05) is 30.6 Å². The third-order valence-electron chi connectivity index (χ3n) is 3.20. The van der Waals surface area contributed by atoms with Crippen molar-refractivity contribution in [3.8, 4) is 0 Å². The average Bonchev–Trinajstić information content (AvgIpc) is 3.09. The molecule has 7 heteroatoms. The molecular formula is C17H23FN4S2. The molecule has 1 heterocycles. The van der Waals surface area contributed by atoms with Crippen molar-refractivity contribution in [3.63, 3.8) is 0 Å². The molecular weight excluding hydrogens is 343 g/mol. The van der Waals surface area contributed by atoms with E-state index in [0.29, 0.717) is 13.0 Å². The number of nitrogens with one attached hydrogen (secondary N) is 2. The van der Waals surface area contributed by atoms with Crippen LogP contribution in [0.1, 0.15) is 18.9 Å². The molecule has 4 nitrogen and oxygen atoms in total. The molecule has 0 bridgehead atoms. The first kappa shape index (κ1) is 18.7. The van der Waals surface area contributed by atoms with Crippen molar-refractivity contribution < 1.29 is 4.39 Å². The number of hydrogen-bond donors (Lipinski definition) is 2. The predicted octanol–water partition coefficient (Wildman–Crippen LogP) is 3.56. The van der Waals surface area contributed by atoms with Gasteiger partial charge in [0.2, 0.25) is 0 Å². The number of rotatable bonds is 9. The van der Waals surface area contributed by atoms with Crippen molar-refractivity contribution in [2.75, 3.05) is 25.4 Å². The van der Waals surface area contributed by atoms with Crippen LogP contribution in [0.2, 0.25) is 0 Å². The van der Waals surface area contributed by atoms with Crippen LogP contribution in [0.3, 0.4) is 0 Å². The molecule has 24 heavy (non-hydrogen) atoms. The maximum Gasteiger partial charge on any atom is 0.191 e. The van der Waals surface area contributed by atoms with E-state index in [1.165, 1.54) is 6.07 Å². The van der Waals surface area contributed by atoms with E-state index in [1.54, 1.807) is 29.2 Å². The highest BCUT2D eigenvalue weighted by atomic mass is 32.2. The minimum Gasteiger partial charge on any atom is -0.357 e. The van der Waals surface area contributed by atoms with Gasteiger partial charge in [-0.2, -0.15) is 0 Å². The summed E-state index contributed by atoms with van der Waals surface area (Å²) in [5.74, 6) is 1.64. The second-order valence-corrected chi connectivity index (χ2v) is 7.27. The molecule has 0 saturated carbocycles. The normalized spacial score (nSPS) is 11.5. The fourth-order valence-corrected chi connectivity index (χ4v) is 3.69. The van der Waals surface area contributed by atoms with E-state index in [4.69, 9.17) is 0 Å². The number of thiazole rings is 1. The highest BCUT2D eigenvalue weighted by Gasteiger charge is 2.02. The number of benzene rings is 1. The lowest BCUT2D eigenvalue weighted by atomic mass is 10.1. The summed E-state index contributed by atoms with van der Waals surface area (Å²) < 4.78 is 14.7. The summed E-state index contributed by atoms with van der Waals surface area (Å²) in [4.78, 5) is 8.80. The molecule has 0 fully saturated rings. The van der Waals surface area contributed by atoms with E-state index in [9.17, 15) is 4.39 Å². The monoisotopic (exact) mass is 366 g/mol. The van der Waals surface area contributed by atoms with Gasteiger partial charge in [-0.25, -0.2) is 9.37 Å². The fraction of sp³-hybridized carbons (Fsp3) is 0.412. The van der Waals surface area contributed by atoms with Gasteiger partial charge in [0, 0.05) is 37.0 Å². The van der Waals surface area contributed by atoms with Crippen molar-refractivity contribution >= 4 is 29.1 Å². The summed E-state index contributed by atoms with van der Waals surface area (Å²) in [5.41, 5.74) is 0.723. The third-order valence-corrected chi connectivity index (χ3v) is 5.25. The van der Waals surface area contributed by atoms with Gasteiger partial charge in [0.25, 0.3) is 0 Å². The molecule has 0 atom stereocenters. The first-order valence-corrected chi connectivity index (χ1v) is 9.94. The maximum atomic E-state index is 13.6. The van der Waals surface area contributed by atoms with Gasteiger partial charge >= 0.3 is 0 Å². The summed E-state index contributed by atoms with van der Waals surface area (Å²) in [6.07, 6.45) is 3.46. The fourth-order valence-electron chi connectivity index (χ4n) is 2.05. The topological polar surface area (TPSA) is 49.3 Å². The van der Waals surface area contributed by atoms with Crippen LogP contribution in [0.5, 0.6) is 0 Å². The number of thioether (sulfide) groups is 1. The average molecular weight is 367 g/mol. The zero-order valence-corrected chi connectivity index (χ0v) is 15.4. The quantitative estimate of drug-likeness (QED) is 0.308. The van der Waals surface area contributed by atoms with E-state index >= 15 is 0 Å². The molecule has 0 amide bonds. The van der Waals surface area contributed by atoms with Gasteiger partial charge in [0.05, 0.1) is 0 Å². The Kier molecular flexibility index (Phi) is 8.62. The summed E-state index contributed by atoms with van der Waals surface area (Å²) in [5, 5.41) is 8.46. The molecule has 1 aromatic carbocycles. The Morgan fingerprint density at radius 1 is 1.33 bits per heavy atom. The van der Waals surface area contributed by atoms with Gasteiger partial charge in [-0.1, -0.05) is 30.0 Å². The van der Waals surface area contributed by atoms with Crippen LogP contribution in [-0.2, 0) is 6.42 Å². The van der Waals surface area contributed by atoms with Gasteiger partial charge in [0.15, 0.2) is 5.96 Å². The first-order chi connectivity index (χ1) is 11.8. The molecule has 0 aliphatic heterocycles. The Morgan fingerprint density at radius 3 is 2.96 bits per heavy atom. The van der Waals surface area contributed by atoms with E-state index in [0.717, 1.165) is 41.1 Å². The summed E-state index contributed by atoms with van der Waals surface area (Å²) in [6, 6.07) is 6.88. The molecule has 0 aliphatic rings. The Morgan fingerprint density at radius 2 is 2.21 bits per heavy atom. The van der Waals surface area contributed by atoms with Crippen LogP contribution in [0.25, 0.3) is 0 Å². The number of hydrogen-bond acceptors (Lipinski definition) is 4. The molecule has 2 rings (SSSR count). The summed E-state index contributed by atoms with van der Waals surface area (Å²) in [7, 11) is 0. The van der Waals surface area contributed by atoms with E-state index in [2.05, 4.69) is 20.6 Å². The van der Waals surface area contributed by atoms with Gasteiger partial charge in [-0.3, -0.25) is 4.99 Å². The van der Waals surface area contributed by atoms with Crippen LogP contribution in [0, 0.1) is 5.82 Å². The van der Waals surface area contributed by atoms with Crippen molar-refractivity contribution in [1.82, 2.24) is 15.6 Å². The molecule has 130 valence electrons. The smallest absolute Gasteiger partial charge is 0.191 e. The SMILES string of the molecule is CCNC(=NCCCSc1nccs1)NCCc1ccccc1F. The molecule has 2 N–H and O–H groups in total. The third kappa shape index (κ3) is 6.88. The van der Waals surface area contributed by atoms with Crippen molar-refractivity contribution in [2.24, 2.45) is 4.99 Å². The minimum atomic E-state index is -0.152. The Bertz CT molecular complexity index is 617. The standard InChI is InChI=1S/C17H23FN4S2/c1-2-19-16(20-9-5-12-23-17-22-11-13-24-17)21-10-8-14-6-3-4-7-15(14)18/h3-4,6-7,11,13H,2,5,8-10,12H2,1H3,(H2,19,20,21). The Hall–Kier alpha value is -1.60. The molecule has 0 unspecified atom stereocenters. The van der Waals surface area contributed by atoms with Crippen LogP contribution < -0.4 is 10.6 Å². The lowest BCUT2D eigenvalue weighted by Crippen LogP contribution is -2.38. The van der Waals surface area contributed by atoms with Crippen molar-refractivity contribution in [1.29, 1.82) is 0 Å². The minimum absolute atomic E-state index is 0.152. The molecule has 0 aliphatic carbocycles. The van der Waals surface area contributed by atoms with E-state index in [-0.39, 0.29) is 5.82 Å². The number of guanidine groups is 1. The zero-order chi connectivity index (χ0) is 17.0.